The maximum absolute atomic E-state index is 13.5. The number of benzene rings is 1. The summed E-state index contributed by atoms with van der Waals surface area (Å²) in [5, 5.41) is 11.7. The first-order valence-electron chi connectivity index (χ1n) is 10.6. The quantitative estimate of drug-likeness (QED) is 0.734. The number of rotatable bonds is 2. The number of anilines is 1. The molecule has 5 rings (SSSR count). The van der Waals surface area contributed by atoms with Gasteiger partial charge in [0.25, 0.3) is 0 Å². The Balaban J connectivity index is 1.76. The van der Waals surface area contributed by atoms with Crippen molar-refractivity contribution in [1.29, 1.82) is 0 Å². The highest BCUT2D eigenvalue weighted by molar-refractivity contribution is 6.03. The standard InChI is InChI=1S/C24H29N3O/c1-23(2)13-17-19(18(28)14-23)24(3,16-11-5-4-6-12-16)20-21(15-9-7-8-10-15)26-27-22(20)25-17/h4-6,11-12,15H,7-10,13-14H2,1-3H3,(H2,25,26,27). The van der Waals surface area contributed by atoms with Gasteiger partial charge in [-0.2, -0.15) is 5.10 Å². The second-order valence-electron chi connectivity index (χ2n) is 9.75. The SMILES string of the molecule is CC1(C)CC(=O)C2=C(C1)Nc1n[nH]c(C3CCCC3)c1C2(C)c1ccccc1. The Labute approximate surface area is 166 Å². The molecule has 2 heterocycles. The fourth-order valence-corrected chi connectivity index (χ4v) is 5.80. The molecular formula is C24H29N3O. The molecule has 3 aliphatic rings. The van der Waals surface area contributed by atoms with Gasteiger partial charge in [0, 0.05) is 34.9 Å². The van der Waals surface area contributed by atoms with Gasteiger partial charge < -0.3 is 5.32 Å². The number of ketones is 1. The first-order chi connectivity index (χ1) is 13.4. The second kappa shape index (κ2) is 6.07. The minimum atomic E-state index is -0.463. The summed E-state index contributed by atoms with van der Waals surface area (Å²) in [5.74, 6) is 1.70. The van der Waals surface area contributed by atoms with Gasteiger partial charge in [0.05, 0.1) is 5.41 Å². The molecule has 0 bridgehead atoms. The molecule has 1 fully saturated rings. The Bertz CT molecular complexity index is 963. The third kappa shape index (κ3) is 2.50. The zero-order chi connectivity index (χ0) is 19.5. The van der Waals surface area contributed by atoms with Crippen LogP contribution >= 0.6 is 0 Å². The van der Waals surface area contributed by atoms with Gasteiger partial charge in [0.1, 0.15) is 0 Å². The van der Waals surface area contributed by atoms with Crippen LogP contribution in [-0.2, 0) is 10.2 Å². The molecular weight excluding hydrogens is 346 g/mol. The van der Waals surface area contributed by atoms with Crippen molar-refractivity contribution in [2.75, 3.05) is 5.32 Å². The van der Waals surface area contributed by atoms with E-state index in [2.05, 4.69) is 55.5 Å². The van der Waals surface area contributed by atoms with Crippen LogP contribution in [0.2, 0.25) is 0 Å². The summed E-state index contributed by atoms with van der Waals surface area (Å²) in [4.78, 5) is 13.5. The highest BCUT2D eigenvalue weighted by Crippen LogP contribution is 2.54. The van der Waals surface area contributed by atoms with E-state index in [4.69, 9.17) is 5.10 Å². The van der Waals surface area contributed by atoms with E-state index >= 15 is 0 Å². The number of carbonyl (C=O) groups is 1. The van der Waals surface area contributed by atoms with E-state index in [0.29, 0.717) is 12.3 Å². The highest BCUT2D eigenvalue weighted by Gasteiger charge is 2.50. The van der Waals surface area contributed by atoms with Crippen molar-refractivity contribution < 1.29 is 4.79 Å². The third-order valence-corrected chi connectivity index (χ3v) is 7.05. The summed E-state index contributed by atoms with van der Waals surface area (Å²) in [6.07, 6.45) is 6.42. The maximum atomic E-state index is 13.5. The molecule has 1 unspecified atom stereocenters. The van der Waals surface area contributed by atoms with Gasteiger partial charge in [-0.25, -0.2) is 0 Å². The molecule has 2 aliphatic carbocycles. The molecule has 1 aliphatic heterocycles. The van der Waals surface area contributed by atoms with Gasteiger partial charge in [-0.15, -0.1) is 0 Å². The molecule has 1 saturated carbocycles. The normalized spacial score (nSPS) is 26.8. The Hall–Kier alpha value is -2.36. The predicted molar refractivity (Wildman–Crippen MR) is 111 cm³/mol. The van der Waals surface area contributed by atoms with Crippen molar-refractivity contribution >= 4 is 11.6 Å². The van der Waals surface area contributed by atoms with E-state index in [9.17, 15) is 4.79 Å². The van der Waals surface area contributed by atoms with Gasteiger partial charge in [0.2, 0.25) is 0 Å². The topological polar surface area (TPSA) is 57.8 Å². The van der Waals surface area contributed by atoms with Crippen LogP contribution in [0.5, 0.6) is 0 Å². The van der Waals surface area contributed by atoms with Crippen molar-refractivity contribution in [3.8, 4) is 0 Å². The van der Waals surface area contributed by atoms with Gasteiger partial charge in [-0.05, 0) is 37.2 Å². The van der Waals surface area contributed by atoms with Crippen LogP contribution in [0.4, 0.5) is 5.82 Å². The van der Waals surface area contributed by atoms with Gasteiger partial charge in [-0.3, -0.25) is 9.89 Å². The average Bonchev–Trinajstić information content (AvgIpc) is 3.30. The molecule has 2 aromatic rings. The first-order valence-corrected chi connectivity index (χ1v) is 10.6. The van der Waals surface area contributed by atoms with E-state index in [1.54, 1.807) is 0 Å². The van der Waals surface area contributed by atoms with E-state index in [0.717, 1.165) is 23.5 Å². The molecule has 1 atom stereocenters. The number of nitrogens with one attached hydrogen (secondary N) is 2. The van der Waals surface area contributed by atoms with Crippen molar-refractivity contribution in [1.82, 2.24) is 10.2 Å². The minimum Gasteiger partial charge on any atom is -0.342 e. The second-order valence-corrected chi connectivity index (χ2v) is 9.75. The molecule has 0 radical (unpaired) electrons. The van der Waals surface area contributed by atoms with E-state index in [-0.39, 0.29) is 11.2 Å². The number of nitrogens with zero attached hydrogens (tertiary/aromatic N) is 1. The highest BCUT2D eigenvalue weighted by atomic mass is 16.1. The van der Waals surface area contributed by atoms with Crippen molar-refractivity contribution in [2.24, 2.45) is 5.41 Å². The summed E-state index contributed by atoms with van der Waals surface area (Å²) in [6, 6.07) is 10.5. The van der Waals surface area contributed by atoms with Crippen molar-refractivity contribution in [3.05, 3.63) is 58.4 Å². The van der Waals surface area contributed by atoms with Crippen LogP contribution in [-0.4, -0.2) is 16.0 Å². The number of fused-ring (bicyclic) bond motifs is 1. The number of carbonyl (C=O) groups excluding carboxylic acids is 1. The number of Topliss-reactive ketones (excluding diaryl/α,β-unsaturated/α-hetero) is 1. The van der Waals surface area contributed by atoms with Crippen LogP contribution in [0, 0.1) is 5.41 Å². The molecule has 2 N–H and O–H groups in total. The molecule has 28 heavy (non-hydrogen) atoms. The summed E-state index contributed by atoms with van der Waals surface area (Å²) in [7, 11) is 0. The minimum absolute atomic E-state index is 0.0252. The van der Waals surface area contributed by atoms with Crippen LogP contribution < -0.4 is 5.32 Å². The predicted octanol–water partition coefficient (Wildman–Crippen LogP) is 5.44. The Kier molecular flexibility index (Phi) is 3.84. The lowest BCUT2D eigenvalue weighted by molar-refractivity contribution is -0.118. The molecule has 0 spiro atoms. The monoisotopic (exact) mass is 375 g/mol. The molecule has 146 valence electrons. The summed E-state index contributed by atoms with van der Waals surface area (Å²) >= 11 is 0. The molecule has 1 aromatic heterocycles. The van der Waals surface area contributed by atoms with Crippen LogP contribution in [0.25, 0.3) is 0 Å². The zero-order valence-electron chi connectivity index (χ0n) is 17.1. The third-order valence-electron chi connectivity index (χ3n) is 7.05. The number of aromatic nitrogens is 2. The van der Waals surface area contributed by atoms with Gasteiger partial charge >= 0.3 is 0 Å². The van der Waals surface area contributed by atoms with Crippen LogP contribution in [0.15, 0.2) is 41.6 Å². The van der Waals surface area contributed by atoms with Crippen molar-refractivity contribution in [3.63, 3.8) is 0 Å². The Morgan fingerprint density at radius 3 is 2.46 bits per heavy atom. The fraction of sp³-hybridized carbons (Fsp3) is 0.500. The van der Waals surface area contributed by atoms with Gasteiger partial charge in [-0.1, -0.05) is 57.0 Å². The lowest BCUT2D eigenvalue weighted by atomic mass is 9.61. The lowest BCUT2D eigenvalue weighted by Gasteiger charge is -2.44. The summed E-state index contributed by atoms with van der Waals surface area (Å²) in [5.41, 5.74) is 5.13. The number of hydrogen-bond acceptors (Lipinski definition) is 3. The number of H-pyrrole nitrogens is 1. The molecule has 1 aromatic carbocycles. The maximum Gasteiger partial charge on any atom is 0.162 e. The van der Waals surface area contributed by atoms with Crippen molar-refractivity contribution in [2.45, 2.75) is 70.6 Å². The van der Waals surface area contributed by atoms with E-state index < -0.39 is 5.41 Å². The first kappa shape index (κ1) is 17.7. The summed E-state index contributed by atoms with van der Waals surface area (Å²) < 4.78 is 0. The number of hydrogen-bond donors (Lipinski definition) is 2. The largest absolute Gasteiger partial charge is 0.342 e. The zero-order valence-corrected chi connectivity index (χ0v) is 17.1. The molecule has 0 amide bonds. The average molecular weight is 376 g/mol. The number of allylic oxidation sites excluding steroid dienone is 2. The Morgan fingerprint density at radius 1 is 1.04 bits per heavy atom. The van der Waals surface area contributed by atoms with Gasteiger partial charge in [0.15, 0.2) is 11.6 Å². The summed E-state index contributed by atoms with van der Waals surface area (Å²) in [6.45, 7) is 6.60. The lowest BCUT2D eigenvalue weighted by Crippen LogP contribution is -2.42. The fourth-order valence-electron chi connectivity index (χ4n) is 5.80. The van der Waals surface area contributed by atoms with Crippen LogP contribution in [0.3, 0.4) is 0 Å². The molecule has 0 saturated heterocycles. The number of aromatic amines is 1. The smallest absolute Gasteiger partial charge is 0.162 e. The molecule has 4 heteroatoms. The molecule has 4 nitrogen and oxygen atoms in total. The van der Waals surface area contributed by atoms with E-state index in [1.807, 2.05) is 6.07 Å². The van der Waals surface area contributed by atoms with Crippen LogP contribution in [0.1, 0.15) is 82.0 Å². The van der Waals surface area contributed by atoms with E-state index in [1.165, 1.54) is 42.5 Å². The Morgan fingerprint density at radius 2 is 1.75 bits per heavy atom.